The molecule has 1 aromatic carbocycles. The summed E-state index contributed by atoms with van der Waals surface area (Å²) in [6, 6.07) is 4.92. The zero-order valence-electron chi connectivity index (χ0n) is 9.59. The maximum absolute atomic E-state index is 13.1. The van der Waals surface area contributed by atoms with E-state index >= 15 is 0 Å². The van der Waals surface area contributed by atoms with Gasteiger partial charge in [-0.05, 0) is 42.2 Å². The quantitative estimate of drug-likeness (QED) is 0.840. The molecule has 0 aliphatic rings. The topological polar surface area (TPSA) is 12.0 Å². The Morgan fingerprint density at radius 2 is 2.25 bits per heavy atom. The van der Waals surface area contributed by atoms with Gasteiger partial charge in [0.15, 0.2) is 0 Å². The summed E-state index contributed by atoms with van der Waals surface area (Å²) in [4.78, 5) is 0. The van der Waals surface area contributed by atoms with Gasteiger partial charge in [-0.1, -0.05) is 24.6 Å². The Labute approximate surface area is 106 Å². The maximum atomic E-state index is 13.1. The van der Waals surface area contributed by atoms with Crippen LogP contribution in [0.25, 0.3) is 0 Å². The Bertz CT molecular complexity index is 333. The molecule has 1 N–H and O–H groups in total. The molecule has 1 nitrogen and oxygen atoms in total. The first kappa shape index (κ1) is 13.8. The lowest BCUT2D eigenvalue weighted by atomic mass is 10.2. The Morgan fingerprint density at radius 3 is 2.88 bits per heavy atom. The molecule has 90 valence electrons. The fourth-order valence-electron chi connectivity index (χ4n) is 1.46. The van der Waals surface area contributed by atoms with Crippen LogP contribution in [-0.4, -0.2) is 18.6 Å². The van der Waals surface area contributed by atoms with Gasteiger partial charge in [0.05, 0.1) is 5.02 Å². The van der Waals surface area contributed by atoms with Crippen LogP contribution in [0.3, 0.4) is 0 Å². The summed E-state index contributed by atoms with van der Waals surface area (Å²) >= 11 is 7.45. The van der Waals surface area contributed by atoms with Gasteiger partial charge in [-0.2, -0.15) is 11.8 Å². The number of benzene rings is 1. The second-order valence-corrected chi connectivity index (χ2v) is 5.26. The SMILES string of the molecule is CSCC(C)CNCc1ccc(Cl)c(F)c1. The lowest BCUT2D eigenvalue weighted by molar-refractivity contribution is 0.556. The van der Waals surface area contributed by atoms with Gasteiger partial charge in [0.1, 0.15) is 5.82 Å². The van der Waals surface area contributed by atoms with Crippen molar-refractivity contribution in [3.63, 3.8) is 0 Å². The second-order valence-electron chi connectivity index (χ2n) is 3.94. The standard InChI is InChI=1S/C12H17ClFNS/c1-9(8-16-2)6-15-7-10-3-4-11(13)12(14)5-10/h3-5,9,15H,6-8H2,1-2H3. The first-order valence-corrected chi connectivity index (χ1v) is 7.04. The van der Waals surface area contributed by atoms with Crippen LogP contribution >= 0.6 is 23.4 Å². The van der Waals surface area contributed by atoms with Gasteiger partial charge in [-0.25, -0.2) is 4.39 Å². The highest BCUT2D eigenvalue weighted by atomic mass is 35.5. The van der Waals surface area contributed by atoms with Gasteiger partial charge in [0.25, 0.3) is 0 Å². The summed E-state index contributed by atoms with van der Waals surface area (Å²) in [5.41, 5.74) is 0.929. The first-order chi connectivity index (χ1) is 7.63. The molecular weight excluding hydrogens is 245 g/mol. The monoisotopic (exact) mass is 261 g/mol. The Balaban J connectivity index is 2.34. The fourth-order valence-corrected chi connectivity index (χ4v) is 2.26. The zero-order valence-corrected chi connectivity index (χ0v) is 11.2. The third-order valence-corrected chi connectivity index (χ3v) is 3.47. The number of hydrogen-bond donors (Lipinski definition) is 1. The summed E-state index contributed by atoms with van der Waals surface area (Å²) in [5, 5.41) is 3.49. The van der Waals surface area contributed by atoms with Crippen LogP contribution in [0.15, 0.2) is 18.2 Å². The van der Waals surface area contributed by atoms with Crippen molar-refractivity contribution < 1.29 is 4.39 Å². The average molecular weight is 262 g/mol. The van der Waals surface area contributed by atoms with E-state index in [1.165, 1.54) is 6.07 Å². The molecule has 0 saturated carbocycles. The second kappa shape index (κ2) is 7.15. The normalized spacial score (nSPS) is 12.8. The van der Waals surface area contributed by atoms with Crippen molar-refractivity contribution in [3.8, 4) is 0 Å². The number of halogens is 2. The highest BCUT2D eigenvalue weighted by Gasteiger charge is 2.02. The molecule has 4 heteroatoms. The molecule has 1 aromatic rings. The number of hydrogen-bond acceptors (Lipinski definition) is 2. The summed E-state index contributed by atoms with van der Waals surface area (Å²) in [7, 11) is 0. The van der Waals surface area contributed by atoms with E-state index in [4.69, 9.17) is 11.6 Å². The molecule has 0 aromatic heterocycles. The molecule has 1 rings (SSSR count). The molecule has 1 unspecified atom stereocenters. The van der Waals surface area contributed by atoms with E-state index in [1.54, 1.807) is 6.07 Å². The summed E-state index contributed by atoms with van der Waals surface area (Å²) < 4.78 is 13.1. The van der Waals surface area contributed by atoms with Crippen LogP contribution in [0.5, 0.6) is 0 Å². The van der Waals surface area contributed by atoms with Crippen LogP contribution in [0.1, 0.15) is 12.5 Å². The number of thioether (sulfide) groups is 1. The summed E-state index contributed by atoms with van der Waals surface area (Å²) in [6.07, 6.45) is 2.10. The molecule has 0 spiro atoms. The van der Waals surface area contributed by atoms with Crippen LogP contribution in [-0.2, 0) is 6.54 Å². The molecule has 0 bridgehead atoms. The Morgan fingerprint density at radius 1 is 1.50 bits per heavy atom. The molecule has 0 aliphatic heterocycles. The fraction of sp³-hybridized carbons (Fsp3) is 0.500. The van der Waals surface area contributed by atoms with Gasteiger partial charge in [-0.15, -0.1) is 0 Å². The molecule has 0 radical (unpaired) electrons. The van der Waals surface area contributed by atoms with Gasteiger partial charge in [-0.3, -0.25) is 0 Å². The minimum absolute atomic E-state index is 0.180. The average Bonchev–Trinajstić information content (AvgIpc) is 2.24. The van der Waals surface area contributed by atoms with Crippen LogP contribution in [0.4, 0.5) is 4.39 Å². The van der Waals surface area contributed by atoms with Gasteiger partial charge in [0.2, 0.25) is 0 Å². The number of nitrogens with one attached hydrogen (secondary N) is 1. The predicted molar refractivity (Wildman–Crippen MR) is 70.7 cm³/mol. The maximum Gasteiger partial charge on any atom is 0.142 e. The van der Waals surface area contributed by atoms with E-state index in [0.29, 0.717) is 12.5 Å². The van der Waals surface area contributed by atoms with E-state index in [1.807, 2.05) is 17.8 Å². The smallest absolute Gasteiger partial charge is 0.142 e. The minimum atomic E-state index is -0.349. The molecule has 0 aliphatic carbocycles. The van der Waals surface area contributed by atoms with Crippen molar-refractivity contribution >= 4 is 23.4 Å². The van der Waals surface area contributed by atoms with E-state index < -0.39 is 0 Å². The van der Waals surface area contributed by atoms with Gasteiger partial charge in [0, 0.05) is 6.54 Å². The molecule has 0 amide bonds. The lowest BCUT2D eigenvalue weighted by Crippen LogP contribution is -2.22. The van der Waals surface area contributed by atoms with Gasteiger partial charge < -0.3 is 5.32 Å². The van der Waals surface area contributed by atoms with Crippen molar-refractivity contribution in [2.75, 3.05) is 18.6 Å². The predicted octanol–water partition coefficient (Wildman–Crippen LogP) is 3.57. The van der Waals surface area contributed by atoms with Crippen molar-refractivity contribution in [1.82, 2.24) is 5.32 Å². The van der Waals surface area contributed by atoms with E-state index in [0.717, 1.165) is 17.9 Å². The highest BCUT2D eigenvalue weighted by Crippen LogP contribution is 2.15. The molecule has 0 heterocycles. The number of rotatable bonds is 6. The zero-order chi connectivity index (χ0) is 12.0. The third-order valence-electron chi connectivity index (χ3n) is 2.26. The highest BCUT2D eigenvalue weighted by molar-refractivity contribution is 7.98. The van der Waals surface area contributed by atoms with Crippen molar-refractivity contribution in [2.24, 2.45) is 5.92 Å². The van der Waals surface area contributed by atoms with E-state index in [9.17, 15) is 4.39 Å². The molecular formula is C12H17ClFNS. The summed E-state index contributed by atoms with van der Waals surface area (Å²) in [5.74, 6) is 1.42. The Kier molecular flexibility index (Phi) is 6.17. The van der Waals surface area contributed by atoms with Crippen LogP contribution in [0, 0.1) is 11.7 Å². The van der Waals surface area contributed by atoms with Crippen molar-refractivity contribution in [3.05, 3.63) is 34.6 Å². The molecule has 0 saturated heterocycles. The third kappa shape index (κ3) is 4.73. The lowest BCUT2D eigenvalue weighted by Gasteiger charge is -2.11. The van der Waals surface area contributed by atoms with E-state index in [-0.39, 0.29) is 10.8 Å². The molecule has 16 heavy (non-hydrogen) atoms. The van der Waals surface area contributed by atoms with Crippen LogP contribution < -0.4 is 5.32 Å². The van der Waals surface area contributed by atoms with Gasteiger partial charge >= 0.3 is 0 Å². The van der Waals surface area contributed by atoms with Crippen molar-refractivity contribution in [2.45, 2.75) is 13.5 Å². The van der Waals surface area contributed by atoms with Crippen LogP contribution in [0.2, 0.25) is 5.02 Å². The largest absolute Gasteiger partial charge is 0.312 e. The van der Waals surface area contributed by atoms with Crippen molar-refractivity contribution in [1.29, 1.82) is 0 Å². The molecule has 1 atom stereocenters. The molecule has 0 fully saturated rings. The first-order valence-electron chi connectivity index (χ1n) is 5.27. The Hall–Kier alpha value is -0.250. The van der Waals surface area contributed by atoms with E-state index in [2.05, 4.69) is 18.5 Å². The minimum Gasteiger partial charge on any atom is -0.312 e. The summed E-state index contributed by atoms with van der Waals surface area (Å²) in [6.45, 7) is 3.84.